The lowest BCUT2D eigenvalue weighted by molar-refractivity contribution is -0.136. The third-order valence-electron chi connectivity index (χ3n) is 8.70. The summed E-state index contributed by atoms with van der Waals surface area (Å²) in [7, 11) is 3.01. The van der Waals surface area contributed by atoms with E-state index in [4.69, 9.17) is 18.9 Å². The molecule has 0 unspecified atom stereocenters. The van der Waals surface area contributed by atoms with Crippen LogP contribution in [0.1, 0.15) is 43.0 Å². The highest BCUT2D eigenvalue weighted by Gasteiger charge is 2.42. The van der Waals surface area contributed by atoms with Crippen LogP contribution in [0.4, 0.5) is 9.18 Å². The van der Waals surface area contributed by atoms with Crippen molar-refractivity contribution in [2.75, 3.05) is 14.2 Å². The second-order valence-electron chi connectivity index (χ2n) is 13.2. The summed E-state index contributed by atoms with van der Waals surface area (Å²) in [5, 5.41) is 0.848. The summed E-state index contributed by atoms with van der Waals surface area (Å²) in [6.45, 7) is 5.25. The Bertz CT molecular complexity index is 2410. The molecule has 7 rings (SSSR count). The van der Waals surface area contributed by atoms with E-state index in [1.165, 1.54) is 49.5 Å². The van der Waals surface area contributed by atoms with Gasteiger partial charge in [-0.2, -0.15) is 0 Å². The lowest BCUT2D eigenvalue weighted by Gasteiger charge is -2.19. The third-order valence-corrected chi connectivity index (χ3v) is 8.70. The quantitative estimate of drug-likeness (QED) is 0.154. The van der Waals surface area contributed by atoms with Crippen molar-refractivity contribution < 1.29 is 37.7 Å². The zero-order valence-electron chi connectivity index (χ0n) is 29.2. The molecule has 11 nitrogen and oxygen atoms in total. The Kier molecular flexibility index (Phi) is 8.75. The van der Waals surface area contributed by atoms with Crippen LogP contribution in [0, 0.1) is 5.82 Å². The van der Waals surface area contributed by atoms with E-state index in [2.05, 4.69) is 9.97 Å². The number of imide groups is 1. The summed E-state index contributed by atoms with van der Waals surface area (Å²) in [5.74, 6) is -0.897. The number of fused-ring (bicyclic) bond motifs is 2. The summed E-state index contributed by atoms with van der Waals surface area (Å²) >= 11 is 0. The van der Waals surface area contributed by atoms with E-state index >= 15 is 4.39 Å². The molecule has 1 N–H and O–H groups in total. The molecule has 0 saturated carbocycles. The first-order chi connectivity index (χ1) is 25.0. The largest absolute Gasteiger partial charge is 0.497 e. The van der Waals surface area contributed by atoms with Crippen LogP contribution < -0.4 is 14.2 Å². The second kappa shape index (κ2) is 13.4. The maximum atomic E-state index is 15.7. The Morgan fingerprint density at radius 2 is 1.63 bits per heavy atom. The molecule has 0 spiro atoms. The summed E-state index contributed by atoms with van der Waals surface area (Å²) in [5.41, 5.74) is 2.13. The molecule has 4 heterocycles. The Morgan fingerprint density at radius 1 is 0.885 bits per heavy atom. The maximum Gasteiger partial charge on any atom is 0.419 e. The third kappa shape index (κ3) is 6.23. The monoisotopic (exact) mass is 702 g/mol. The van der Waals surface area contributed by atoms with Crippen molar-refractivity contribution in [2.24, 2.45) is 0 Å². The van der Waals surface area contributed by atoms with Crippen LogP contribution in [0.15, 0.2) is 91.5 Å². The van der Waals surface area contributed by atoms with Crippen molar-refractivity contribution in [2.45, 2.75) is 39.5 Å². The predicted octanol–water partition coefficient (Wildman–Crippen LogP) is 7.52. The molecule has 6 aromatic rings. The van der Waals surface area contributed by atoms with E-state index in [9.17, 15) is 14.4 Å². The molecule has 0 atom stereocenters. The van der Waals surface area contributed by atoms with Gasteiger partial charge in [-0.25, -0.2) is 9.18 Å². The van der Waals surface area contributed by atoms with Crippen LogP contribution >= 0.6 is 0 Å². The Hall–Kier alpha value is -6.43. The minimum absolute atomic E-state index is 0.0222. The Balaban J connectivity index is 1.38. The smallest absolute Gasteiger partial charge is 0.419 e. The average Bonchev–Trinajstić information content (AvgIpc) is 3.78. The zero-order valence-corrected chi connectivity index (χ0v) is 29.2. The highest BCUT2D eigenvalue weighted by atomic mass is 19.1. The summed E-state index contributed by atoms with van der Waals surface area (Å²) in [6.07, 6.45) is 5.38. The molecular formula is C40H35FN4O7. The molecule has 0 radical (unpaired) electrons. The number of amides is 2. The number of hydrogen-bond donors (Lipinski definition) is 1. The minimum Gasteiger partial charge on any atom is -0.497 e. The van der Waals surface area contributed by atoms with Crippen molar-refractivity contribution >= 4 is 50.9 Å². The topological polar surface area (TPSA) is 125 Å². The highest BCUT2D eigenvalue weighted by molar-refractivity contribution is 6.50. The van der Waals surface area contributed by atoms with Crippen molar-refractivity contribution in [3.8, 4) is 17.2 Å². The highest BCUT2D eigenvalue weighted by Crippen LogP contribution is 2.43. The van der Waals surface area contributed by atoms with Gasteiger partial charge < -0.3 is 23.9 Å². The molecule has 3 aromatic heterocycles. The number of pyridine rings is 1. The number of halogens is 1. The molecule has 1 aliphatic heterocycles. The first kappa shape index (κ1) is 34.0. The van der Waals surface area contributed by atoms with Gasteiger partial charge in [0.25, 0.3) is 11.8 Å². The number of rotatable bonds is 9. The van der Waals surface area contributed by atoms with Gasteiger partial charge in [-0.1, -0.05) is 30.3 Å². The van der Waals surface area contributed by atoms with Crippen LogP contribution in [0.25, 0.3) is 33.0 Å². The van der Waals surface area contributed by atoms with Crippen molar-refractivity contribution in [1.29, 1.82) is 0 Å². The number of hydrogen-bond acceptors (Lipinski definition) is 8. The number of aromatic amines is 1. The summed E-state index contributed by atoms with van der Waals surface area (Å²) in [4.78, 5) is 51.1. The van der Waals surface area contributed by atoms with E-state index in [-0.39, 0.29) is 30.0 Å². The van der Waals surface area contributed by atoms with Gasteiger partial charge in [0, 0.05) is 63.7 Å². The van der Waals surface area contributed by atoms with Gasteiger partial charge in [0.05, 0.1) is 43.6 Å². The number of carbonyl (C=O) groups excluding carboxylic acids is 3. The standard InChI is InChI=1S/C40H35FN4O7/c1-40(2,3)52-39(48)44-21-29(26-13-14-42-19-32(26)44)36-35(37(46)45(38(36)47)20-24-11-12-25(49-4)15-33(24)50-5)28-18-43-31-17-34(30(41)16-27(28)31)51-22-23-9-7-6-8-10-23/h6-19,21,43H,20,22H2,1-5H3. The molecule has 0 saturated heterocycles. The molecule has 12 heteroatoms. The Morgan fingerprint density at radius 3 is 2.35 bits per heavy atom. The van der Waals surface area contributed by atoms with E-state index in [0.717, 1.165) is 10.5 Å². The fraction of sp³-hybridized carbons (Fsp3) is 0.200. The van der Waals surface area contributed by atoms with Gasteiger partial charge >= 0.3 is 6.09 Å². The number of nitrogens with zero attached hydrogens (tertiary/aromatic N) is 3. The number of aromatic nitrogens is 3. The number of H-pyrrole nitrogens is 1. The molecule has 0 fully saturated rings. The molecule has 0 bridgehead atoms. The van der Waals surface area contributed by atoms with Crippen molar-refractivity contribution in [1.82, 2.24) is 19.4 Å². The summed E-state index contributed by atoms with van der Waals surface area (Å²) < 4.78 is 39.4. The molecule has 2 amide bonds. The lowest BCUT2D eigenvalue weighted by Crippen LogP contribution is -2.31. The maximum absolute atomic E-state index is 15.7. The molecule has 52 heavy (non-hydrogen) atoms. The van der Waals surface area contributed by atoms with E-state index in [0.29, 0.717) is 50.0 Å². The van der Waals surface area contributed by atoms with Gasteiger partial charge in [0.2, 0.25) is 0 Å². The number of methoxy groups -OCH3 is 2. The van der Waals surface area contributed by atoms with Gasteiger partial charge in [0.1, 0.15) is 23.7 Å². The van der Waals surface area contributed by atoms with Crippen molar-refractivity contribution in [3.63, 3.8) is 0 Å². The van der Waals surface area contributed by atoms with E-state index < -0.39 is 29.3 Å². The van der Waals surface area contributed by atoms with E-state index in [1.807, 2.05) is 30.3 Å². The van der Waals surface area contributed by atoms with Crippen LogP contribution in [0.3, 0.4) is 0 Å². The van der Waals surface area contributed by atoms with Crippen LogP contribution in [0.2, 0.25) is 0 Å². The van der Waals surface area contributed by atoms with E-state index in [1.54, 1.807) is 51.2 Å². The normalized spacial score (nSPS) is 13.4. The first-order valence-electron chi connectivity index (χ1n) is 16.4. The van der Waals surface area contributed by atoms with Gasteiger partial charge in [-0.3, -0.25) is 24.0 Å². The fourth-order valence-electron chi connectivity index (χ4n) is 6.28. The molecular weight excluding hydrogens is 667 g/mol. The lowest BCUT2D eigenvalue weighted by atomic mass is 9.96. The van der Waals surface area contributed by atoms with Crippen molar-refractivity contribution in [3.05, 3.63) is 120 Å². The predicted molar refractivity (Wildman–Crippen MR) is 192 cm³/mol. The number of carbonyl (C=O) groups is 3. The van der Waals surface area contributed by atoms with Gasteiger partial charge in [-0.15, -0.1) is 0 Å². The molecule has 3 aromatic carbocycles. The minimum atomic E-state index is -0.814. The van der Waals surface area contributed by atoms with Crippen LogP contribution in [-0.2, 0) is 27.5 Å². The number of nitrogens with one attached hydrogen (secondary N) is 1. The van der Waals surface area contributed by atoms with Crippen LogP contribution in [-0.4, -0.2) is 57.2 Å². The second-order valence-corrected chi connectivity index (χ2v) is 13.2. The SMILES string of the molecule is COc1ccc(CN2C(=O)C(c3c[nH]c4cc(OCc5ccccc5)c(F)cc34)=C(c3cn(C(=O)OC(C)(C)C)c4cnccc34)C2=O)c(OC)c1. The Labute approximate surface area is 298 Å². The van der Waals surface area contributed by atoms with Gasteiger partial charge in [0.15, 0.2) is 11.6 Å². The first-order valence-corrected chi connectivity index (χ1v) is 16.4. The van der Waals surface area contributed by atoms with Gasteiger partial charge in [-0.05, 0) is 50.6 Å². The molecule has 0 aliphatic carbocycles. The van der Waals surface area contributed by atoms with Crippen LogP contribution in [0.5, 0.6) is 17.2 Å². The number of ether oxygens (including phenoxy) is 4. The number of benzene rings is 3. The fourth-order valence-corrected chi connectivity index (χ4v) is 6.28. The zero-order chi connectivity index (χ0) is 36.7. The molecule has 264 valence electrons. The average molecular weight is 703 g/mol. The molecule has 1 aliphatic rings. The summed E-state index contributed by atoms with van der Waals surface area (Å²) in [6, 6.07) is 18.9.